The first-order valence-corrected chi connectivity index (χ1v) is 7.27. The van der Waals surface area contributed by atoms with E-state index in [0.29, 0.717) is 5.69 Å². The highest BCUT2D eigenvalue weighted by Crippen LogP contribution is 2.18. The Morgan fingerprint density at radius 1 is 1.30 bits per heavy atom. The smallest absolute Gasteiger partial charge is 0.322 e. The number of esters is 1. The quantitative estimate of drug-likeness (QED) is 0.267. The summed E-state index contributed by atoms with van der Waals surface area (Å²) in [7, 11) is 0. The summed E-state index contributed by atoms with van der Waals surface area (Å²) in [6, 6.07) is 6.38. The number of hydrogen-bond donors (Lipinski definition) is 0. The van der Waals surface area contributed by atoms with Crippen molar-refractivity contribution in [3.63, 3.8) is 0 Å². The van der Waals surface area contributed by atoms with Gasteiger partial charge in [-0.2, -0.15) is 0 Å². The van der Waals surface area contributed by atoms with Gasteiger partial charge in [-0.05, 0) is 31.2 Å². The predicted molar refractivity (Wildman–Crippen MR) is 86.1 cm³/mol. The molecular formula is C16H14ClN3O3. The highest BCUT2D eigenvalue weighted by Gasteiger charge is 2.29. The fourth-order valence-corrected chi connectivity index (χ4v) is 2.01. The molecule has 0 radical (unpaired) electrons. The number of nitrogens with zero attached hydrogens (tertiary/aromatic N) is 3. The van der Waals surface area contributed by atoms with Gasteiger partial charge in [0.25, 0.3) is 0 Å². The van der Waals surface area contributed by atoms with Crippen molar-refractivity contribution >= 4 is 35.3 Å². The number of ketones is 1. The van der Waals surface area contributed by atoms with Crippen molar-refractivity contribution in [1.29, 1.82) is 0 Å². The van der Waals surface area contributed by atoms with Crippen molar-refractivity contribution in [3.05, 3.63) is 53.6 Å². The van der Waals surface area contributed by atoms with E-state index in [4.69, 9.17) is 16.3 Å². The van der Waals surface area contributed by atoms with Gasteiger partial charge in [-0.1, -0.05) is 11.6 Å². The van der Waals surface area contributed by atoms with Crippen molar-refractivity contribution in [2.45, 2.75) is 6.92 Å². The van der Waals surface area contributed by atoms with Gasteiger partial charge in [-0.25, -0.2) is 4.98 Å². The molecule has 2 aromatic heterocycles. The van der Waals surface area contributed by atoms with E-state index in [2.05, 4.69) is 15.0 Å². The first-order valence-electron chi connectivity index (χ1n) is 6.89. The Kier molecular flexibility index (Phi) is 5.94. The second kappa shape index (κ2) is 8.14. The van der Waals surface area contributed by atoms with Crippen molar-refractivity contribution < 1.29 is 14.3 Å². The Balaban J connectivity index is 2.31. The monoisotopic (exact) mass is 331 g/mol. The lowest BCUT2D eigenvalue weighted by Crippen LogP contribution is -2.28. The molecule has 2 rings (SSSR count). The number of aromatic nitrogens is 2. The molecule has 0 N–H and O–H groups in total. The van der Waals surface area contributed by atoms with Crippen molar-refractivity contribution in [3.8, 4) is 0 Å². The summed E-state index contributed by atoms with van der Waals surface area (Å²) in [5, 5.41) is 0.0316. The summed E-state index contributed by atoms with van der Waals surface area (Å²) in [5.74, 6) is -2.39. The van der Waals surface area contributed by atoms with Crippen LogP contribution in [0.4, 0.5) is 5.69 Å². The standard InChI is InChI=1S/C16H14ClN3O3/c1-2-23-16(22)13(10-20-11-5-8-18-9-6-11)14(21)12-4-3-7-19-15(12)17/h3-10,13H,2H2,1H3. The van der Waals surface area contributed by atoms with Crippen LogP contribution in [0.25, 0.3) is 0 Å². The average molecular weight is 332 g/mol. The molecule has 1 unspecified atom stereocenters. The van der Waals surface area contributed by atoms with Gasteiger partial charge in [0.15, 0.2) is 11.7 Å². The van der Waals surface area contributed by atoms with Crippen LogP contribution in [0.3, 0.4) is 0 Å². The fraction of sp³-hybridized carbons (Fsp3) is 0.188. The van der Waals surface area contributed by atoms with E-state index in [9.17, 15) is 9.59 Å². The molecule has 0 aliphatic rings. The number of carbonyl (C=O) groups is 2. The summed E-state index contributed by atoms with van der Waals surface area (Å²) in [6.07, 6.45) is 5.83. The van der Waals surface area contributed by atoms with Crippen LogP contribution < -0.4 is 0 Å². The van der Waals surface area contributed by atoms with Crippen LogP contribution in [0.5, 0.6) is 0 Å². The largest absolute Gasteiger partial charge is 0.465 e. The number of Topliss-reactive ketones (excluding diaryl/α,β-unsaturated/α-hetero) is 1. The minimum absolute atomic E-state index is 0.0316. The molecule has 0 saturated carbocycles. The SMILES string of the molecule is CCOC(=O)C(C=Nc1ccncc1)C(=O)c1cccnc1Cl. The third kappa shape index (κ3) is 4.43. The molecule has 118 valence electrons. The van der Waals surface area contributed by atoms with Crippen LogP contribution in [-0.4, -0.2) is 34.5 Å². The number of halogens is 1. The van der Waals surface area contributed by atoms with Crippen LogP contribution in [0, 0.1) is 5.92 Å². The van der Waals surface area contributed by atoms with E-state index >= 15 is 0 Å². The van der Waals surface area contributed by atoms with Crippen LogP contribution >= 0.6 is 11.6 Å². The molecule has 0 saturated heterocycles. The Hall–Kier alpha value is -2.60. The zero-order valence-corrected chi connectivity index (χ0v) is 13.1. The zero-order chi connectivity index (χ0) is 16.7. The van der Waals surface area contributed by atoms with Gasteiger partial charge in [-0.3, -0.25) is 19.6 Å². The van der Waals surface area contributed by atoms with E-state index in [1.54, 1.807) is 37.5 Å². The Morgan fingerprint density at radius 2 is 2.04 bits per heavy atom. The second-order valence-corrected chi connectivity index (χ2v) is 4.78. The van der Waals surface area contributed by atoms with Gasteiger partial charge in [0.2, 0.25) is 0 Å². The molecule has 2 aromatic rings. The molecule has 0 aliphatic heterocycles. The highest BCUT2D eigenvalue weighted by atomic mass is 35.5. The van der Waals surface area contributed by atoms with E-state index in [-0.39, 0.29) is 17.3 Å². The molecule has 0 amide bonds. The van der Waals surface area contributed by atoms with E-state index in [1.807, 2.05) is 0 Å². The summed E-state index contributed by atoms with van der Waals surface area (Å²) in [4.78, 5) is 36.5. The van der Waals surface area contributed by atoms with E-state index < -0.39 is 17.7 Å². The summed E-state index contributed by atoms with van der Waals surface area (Å²) in [6.45, 7) is 1.82. The maximum atomic E-state index is 12.6. The van der Waals surface area contributed by atoms with E-state index in [1.165, 1.54) is 18.5 Å². The molecule has 0 bridgehead atoms. The number of aliphatic imine (C=N–C) groups is 1. The Bertz CT molecular complexity index is 720. The third-order valence-corrected chi connectivity index (χ3v) is 3.18. The minimum Gasteiger partial charge on any atom is -0.465 e. The lowest BCUT2D eigenvalue weighted by Gasteiger charge is -2.11. The first-order chi connectivity index (χ1) is 11.1. The molecule has 0 aromatic carbocycles. The first kappa shape index (κ1) is 16.8. The van der Waals surface area contributed by atoms with Crippen LogP contribution in [0.2, 0.25) is 5.15 Å². The van der Waals surface area contributed by atoms with Gasteiger partial charge in [0, 0.05) is 24.8 Å². The lowest BCUT2D eigenvalue weighted by molar-refractivity contribution is -0.143. The Morgan fingerprint density at radius 3 is 2.70 bits per heavy atom. The van der Waals surface area contributed by atoms with Gasteiger partial charge >= 0.3 is 5.97 Å². The molecule has 2 heterocycles. The normalized spacial score (nSPS) is 12.1. The van der Waals surface area contributed by atoms with Crippen LogP contribution in [0.1, 0.15) is 17.3 Å². The third-order valence-electron chi connectivity index (χ3n) is 2.88. The molecule has 1 atom stereocenters. The molecule has 7 heteroatoms. The maximum Gasteiger partial charge on any atom is 0.322 e. The summed E-state index contributed by atoms with van der Waals surface area (Å²) >= 11 is 5.93. The lowest BCUT2D eigenvalue weighted by atomic mass is 10.00. The van der Waals surface area contributed by atoms with Crippen molar-refractivity contribution in [2.75, 3.05) is 6.61 Å². The van der Waals surface area contributed by atoms with Crippen LogP contribution in [-0.2, 0) is 9.53 Å². The van der Waals surface area contributed by atoms with E-state index in [0.717, 1.165) is 0 Å². The minimum atomic E-state index is -1.19. The molecule has 23 heavy (non-hydrogen) atoms. The zero-order valence-electron chi connectivity index (χ0n) is 12.3. The average Bonchev–Trinajstić information content (AvgIpc) is 2.56. The summed E-state index contributed by atoms with van der Waals surface area (Å²) < 4.78 is 4.95. The van der Waals surface area contributed by atoms with Crippen LogP contribution in [0.15, 0.2) is 47.8 Å². The Labute approximate surface area is 138 Å². The number of carbonyl (C=O) groups excluding carboxylic acids is 2. The second-order valence-electron chi connectivity index (χ2n) is 4.42. The van der Waals surface area contributed by atoms with Gasteiger partial charge in [0.05, 0.1) is 17.9 Å². The molecule has 0 fully saturated rings. The number of hydrogen-bond acceptors (Lipinski definition) is 6. The molecule has 0 aliphatic carbocycles. The molecule has 0 spiro atoms. The molecular weight excluding hydrogens is 318 g/mol. The topological polar surface area (TPSA) is 81.5 Å². The summed E-state index contributed by atoms with van der Waals surface area (Å²) in [5.41, 5.74) is 0.716. The highest BCUT2D eigenvalue weighted by molar-refractivity contribution is 6.34. The van der Waals surface area contributed by atoms with Gasteiger partial charge in [0.1, 0.15) is 5.15 Å². The number of pyridine rings is 2. The maximum absolute atomic E-state index is 12.6. The molecule has 6 nitrogen and oxygen atoms in total. The number of ether oxygens (including phenoxy) is 1. The fourth-order valence-electron chi connectivity index (χ4n) is 1.80. The number of rotatable bonds is 6. The predicted octanol–water partition coefficient (Wildman–Crippen LogP) is 2.89. The van der Waals surface area contributed by atoms with Gasteiger partial charge < -0.3 is 4.74 Å². The van der Waals surface area contributed by atoms with Crippen molar-refractivity contribution in [2.24, 2.45) is 10.9 Å². The van der Waals surface area contributed by atoms with Gasteiger partial charge in [-0.15, -0.1) is 0 Å². The van der Waals surface area contributed by atoms with Crippen molar-refractivity contribution in [1.82, 2.24) is 9.97 Å².